The number of hydrogen-bond acceptors (Lipinski definition) is 5. The van der Waals surface area contributed by atoms with Crippen LogP contribution in [0.25, 0.3) is 11.0 Å². The Balaban J connectivity index is 2.44. The van der Waals surface area contributed by atoms with E-state index in [4.69, 9.17) is 11.6 Å². The van der Waals surface area contributed by atoms with Gasteiger partial charge in [0.1, 0.15) is 11.3 Å². The number of rotatable bonds is 6. The Kier molecular flexibility index (Phi) is 5.13. The SMILES string of the molecule is CCCCC(C)(Nc1nc(Cl)nc2cc(F)cnc12)C(C)O. The quantitative estimate of drug-likeness (QED) is 0.794. The minimum absolute atomic E-state index is 0.00540. The summed E-state index contributed by atoms with van der Waals surface area (Å²) < 4.78 is 13.3. The Morgan fingerprint density at radius 1 is 1.45 bits per heavy atom. The van der Waals surface area contributed by atoms with Gasteiger partial charge in [-0.3, -0.25) is 0 Å². The van der Waals surface area contributed by atoms with E-state index in [1.54, 1.807) is 6.92 Å². The maximum absolute atomic E-state index is 13.3. The molecule has 2 aromatic heterocycles. The number of aliphatic hydroxyl groups is 1. The van der Waals surface area contributed by atoms with Crippen LogP contribution in [0, 0.1) is 5.82 Å². The van der Waals surface area contributed by atoms with E-state index in [0.717, 1.165) is 25.5 Å². The zero-order valence-corrected chi connectivity index (χ0v) is 13.7. The molecule has 0 aliphatic heterocycles. The van der Waals surface area contributed by atoms with Crippen molar-refractivity contribution in [3.8, 4) is 0 Å². The lowest BCUT2D eigenvalue weighted by molar-refractivity contribution is 0.116. The summed E-state index contributed by atoms with van der Waals surface area (Å²) in [5, 5.41) is 13.4. The lowest BCUT2D eigenvalue weighted by atomic mass is 9.89. The second-order valence-electron chi connectivity index (χ2n) is 5.68. The normalized spacial score (nSPS) is 15.5. The van der Waals surface area contributed by atoms with Gasteiger partial charge < -0.3 is 10.4 Å². The highest BCUT2D eigenvalue weighted by Crippen LogP contribution is 2.28. The monoisotopic (exact) mass is 326 g/mol. The number of aromatic nitrogens is 3. The second-order valence-corrected chi connectivity index (χ2v) is 6.02. The van der Waals surface area contributed by atoms with Crippen molar-refractivity contribution in [2.75, 3.05) is 5.32 Å². The fraction of sp³-hybridized carbons (Fsp3) is 0.533. The van der Waals surface area contributed by atoms with Crippen LogP contribution in [0.15, 0.2) is 12.3 Å². The van der Waals surface area contributed by atoms with Gasteiger partial charge in [-0.15, -0.1) is 0 Å². The average Bonchev–Trinajstić information content (AvgIpc) is 2.44. The Labute approximate surface area is 134 Å². The first-order chi connectivity index (χ1) is 10.4. The molecular formula is C15H20ClFN4O. The van der Waals surface area contributed by atoms with Crippen LogP contribution < -0.4 is 5.32 Å². The van der Waals surface area contributed by atoms with Crippen molar-refractivity contribution in [1.29, 1.82) is 0 Å². The number of fused-ring (bicyclic) bond motifs is 1. The van der Waals surface area contributed by atoms with Gasteiger partial charge in [-0.05, 0) is 31.9 Å². The molecule has 0 aromatic carbocycles. The van der Waals surface area contributed by atoms with E-state index in [0.29, 0.717) is 16.9 Å². The van der Waals surface area contributed by atoms with E-state index >= 15 is 0 Å². The topological polar surface area (TPSA) is 70.9 Å². The minimum atomic E-state index is -0.608. The number of anilines is 1. The first kappa shape index (κ1) is 16.8. The Bertz CT molecular complexity index is 662. The van der Waals surface area contributed by atoms with E-state index in [1.165, 1.54) is 6.07 Å². The van der Waals surface area contributed by atoms with Crippen molar-refractivity contribution in [3.05, 3.63) is 23.4 Å². The van der Waals surface area contributed by atoms with Gasteiger partial charge in [-0.25, -0.2) is 14.4 Å². The molecule has 0 saturated heterocycles. The number of hydrogen-bond donors (Lipinski definition) is 2. The summed E-state index contributed by atoms with van der Waals surface area (Å²) in [5.41, 5.74) is 0.163. The summed E-state index contributed by atoms with van der Waals surface area (Å²) in [6, 6.07) is 1.26. The molecule has 2 aromatic rings. The molecule has 0 saturated carbocycles. The maximum Gasteiger partial charge on any atom is 0.225 e. The van der Waals surface area contributed by atoms with Crippen molar-refractivity contribution < 1.29 is 9.50 Å². The molecule has 0 fully saturated rings. The summed E-state index contributed by atoms with van der Waals surface area (Å²) in [7, 11) is 0. The van der Waals surface area contributed by atoms with Crippen LogP contribution in [0.5, 0.6) is 0 Å². The number of aliphatic hydroxyl groups excluding tert-OH is 1. The van der Waals surface area contributed by atoms with Crippen molar-refractivity contribution in [3.63, 3.8) is 0 Å². The maximum atomic E-state index is 13.3. The number of nitrogens with zero attached hydrogens (tertiary/aromatic N) is 3. The first-order valence-corrected chi connectivity index (χ1v) is 7.68. The molecule has 0 radical (unpaired) electrons. The second kappa shape index (κ2) is 6.71. The molecule has 2 N–H and O–H groups in total. The molecule has 0 aliphatic rings. The van der Waals surface area contributed by atoms with Gasteiger partial charge in [0.25, 0.3) is 0 Å². The van der Waals surface area contributed by atoms with Gasteiger partial charge in [0.2, 0.25) is 5.28 Å². The van der Waals surface area contributed by atoms with E-state index < -0.39 is 17.5 Å². The molecular weight excluding hydrogens is 307 g/mol. The van der Waals surface area contributed by atoms with Gasteiger partial charge in [-0.1, -0.05) is 19.8 Å². The van der Waals surface area contributed by atoms with Crippen molar-refractivity contribution in [2.45, 2.75) is 51.7 Å². The molecule has 120 valence electrons. The highest BCUT2D eigenvalue weighted by atomic mass is 35.5. The number of pyridine rings is 1. The molecule has 0 spiro atoms. The highest BCUT2D eigenvalue weighted by Gasteiger charge is 2.30. The van der Waals surface area contributed by atoms with Gasteiger partial charge in [0.15, 0.2) is 5.82 Å². The summed E-state index contributed by atoms with van der Waals surface area (Å²) in [6.45, 7) is 5.73. The summed E-state index contributed by atoms with van der Waals surface area (Å²) in [6.07, 6.45) is 3.22. The predicted octanol–water partition coefficient (Wildman–Crippen LogP) is 3.56. The third-order valence-corrected chi connectivity index (χ3v) is 4.02. The molecule has 5 nitrogen and oxygen atoms in total. The van der Waals surface area contributed by atoms with E-state index in [-0.39, 0.29) is 5.28 Å². The van der Waals surface area contributed by atoms with Crippen LogP contribution in [0.3, 0.4) is 0 Å². The molecule has 22 heavy (non-hydrogen) atoms. The summed E-state index contributed by atoms with van der Waals surface area (Å²) >= 11 is 5.91. The molecule has 2 heterocycles. The minimum Gasteiger partial charge on any atom is -0.391 e. The van der Waals surface area contributed by atoms with Crippen molar-refractivity contribution >= 4 is 28.5 Å². The van der Waals surface area contributed by atoms with E-state index in [9.17, 15) is 9.50 Å². The molecule has 2 atom stereocenters. The van der Waals surface area contributed by atoms with Gasteiger partial charge in [0.05, 0.1) is 23.4 Å². The lowest BCUT2D eigenvalue weighted by Crippen LogP contribution is -2.45. The van der Waals surface area contributed by atoms with E-state index in [2.05, 4.69) is 27.2 Å². The molecule has 7 heteroatoms. The summed E-state index contributed by atoms with van der Waals surface area (Å²) in [4.78, 5) is 12.2. The van der Waals surface area contributed by atoms with Gasteiger partial charge in [0, 0.05) is 6.07 Å². The van der Waals surface area contributed by atoms with Crippen LogP contribution in [0.4, 0.5) is 10.2 Å². The molecule has 2 unspecified atom stereocenters. The summed E-state index contributed by atoms with van der Waals surface area (Å²) in [5.74, 6) is -0.0907. The number of halogens is 2. The fourth-order valence-electron chi connectivity index (χ4n) is 2.24. The Morgan fingerprint density at radius 3 is 2.82 bits per heavy atom. The lowest BCUT2D eigenvalue weighted by Gasteiger charge is -2.34. The highest BCUT2D eigenvalue weighted by molar-refractivity contribution is 6.28. The third kappa shape index (κ3) is 3.62. The Morgan fingerprint density at radius 2 is 2.18 bits per heavy atom. The molecule has 0 bridgehead atoms. The molecule has 0 aliphatic carbocycles. The average molecular weight is 327 g/mol. The predicted molar refractivity (Wildman–Crippen MR) is 85.5 cm³/mol. The molecule has 0 amide bonds. The first-order valence-electron chi connectivity index (χ1n) is 7.31. The van der Waals surface area contributed by atoms with Gasteiger partial charge >= 0.3 is 0 Å². The standard InChI is InChI=1S/C15H20ClFN4O/c1-4-5-6-15(3,9(2)22)21-13-12-11(19-14(16)20-13)7-10(17)8-18-12/h7-9,22H,4-6H2,1-3H3,(H,19,20,21). The smallest absolute Gasteiger partial charge is 0.225 e. The van der Waals surface area contributed by atoms with Crippen LogP contribution >= 0.6 is 11.6 Å². The fourth-order valence-corrected chi connectivity index (χ4v) is 2.42. The van der Waals surface area contributed by atoms with E-state index in [1.807, 2.05) is 6.92 Å². The van der Waals surface area contributed by atoms with Crippen LogP contribution in [-0.4, -0.2) is 31.7 Å². The molecule has 2 rings (SSSR count). The zero-order chi connectivity index (χ0) is 16.3. The largest absolute Gasteiger partial charge is 0.391 e. The third-order valence-electron chi connectivity index (χ3n) is 3.85. The number of nitrogens with one attached hydrogen (secondary N) is 1. The number of unbranched alkanes of at least 4 members (excludes halogenated alkanes) is 1. The van der Waals surface area contributed by atoms with Crippen LogP contribution in [0.2, 0.25) is 5.28 Å². The Hall–Kier alpha value is -1.53. The van der Waals surface area contributed by atoms with Crippen LogP contribution in [0.1, 0.15) is 40.0 Å². The zero-order valence-electron chi connectivity index (χ0n) is 12.9. The van der Waals surface area contributed by atoms with Gasteiger partial charge in [-0.2, -0.15) is 4.98 Å². The van der Waals surface area contributed by atoms with Crippen molar-refractivity contribution in [1.82, 2.24) is 15.0 Å². The van der Waals surface area contributed by atoms with Crippen LogP contribution in [-0.2, 0) is 0 Å². The van der Waals surface area contributed by atoms with Crippen molar-refractivity contribution in [2.24, 2.45) is 0 Å².